The lowest BCUT2D eigenvalue weighted by Gasteiger charge is -2.27. The third-order valence-corrected chi connectivity index (χ3v) is 3.66. The van der Waals surface area contributed by atoms with Crippen molar-refractivity contribution >= 4 is 5.69 Å². The van der Waals surface area contributed by atoms with Gasteiger partial charge >= 0.3 is 0 Å². The summed E-state index contributed by atoms with van der Waals surface area (Å²) >= 11 is 0. The van der Waals surface area contributed by atoms with Gasteiger partial charge in [-0.2, -0.15) is 0 Å². The van der Waals surface area contributed by atoms with Crippen molar-refractivity contribution in [3.63, 3.8) is 0 Å². The number of hydrogen-bond acceptors (Lipinski definition) is 2. The molecular weight excluding hydrogens is 212 g/mol. The first-order valence-electron chi connectivity index (χ1n) is 6.61. The summed E-state index contributed by atoms with van der Waals surface area (Å²) in [4.78, 5) is 12.0. The minimum absolute atomic E-state index is 0.0422. The highest BCUT2D eigenvalue weighted by Crippen LogP contribution is 2.33. The maximum absolute atomic E-state index is 12.0. The molecule has 0 bridgehead atoms. The standard InChI is InChI=1S/C14H22N2O/c1-10(2)16-13(8-12(15)9-14(16)17)11-6-4-3-5-7-11/h8-11H,3-7,15H2,1-2H3. The molecule has 1 aromatic rings. The summed E-state index contributed by atoms with van der Waals surface area (Å²) in [5.74, 6) is 0.516. The second kappa shape index (κ2) is 4.94. The Morgan fingerprint density at radius 2 is 1.88 bits per heavy atom. The van der Waals surface area contributed by atoms with Crippen LogP contribution >= 0.6 is 0 Å². The van der Waals surface area contributed by atoms with Crippen molar-refractivity contribution in [3.05, 3.63) is 28.2 Å². The van der Waals surface area contributed by atoms with Crippen molar-refractivity contribution < 1.29 is 0 Å². The number of nitrogen functional groups attached to an aromatic ring is 1. The molecule has 1 saturated carbocycles. The van der Waals surface area contributed by atoms with E-state index in [0.717, 1.165) is 5.69 Å². The number of hydrogen-bond donors (Lipinski definition) is 1. The molecule has 1 aliphatic carbocycles. The molecule has 0 saturated heterocycles. The molecule has 0 unspecified atom stereocenters. The average molecular weight is 234 g/mol. The number of pyridine rings is 1. The second-order valence-corrected chi connectivity index (χ2v) is 5.35. The molecule has 1 aromatic heterocycles. The van der Waals surface area contributed by atoms with Gasteiger partial charge in [0.1, 0.15) is 0 Å². The lowest BCUT2D eigenvalue weighted by atomic mass is 9.86. The average Bonchev–Trinajstić information content (AvgIpc) is 2.28. The Morgan fingerprint density at radius 3 is 2.47 bits per heavy atom. The van der Waals surface area contributed by atoms with Crippen molar-refractivity contribution in [2.75, 3.05) is 5.73 Å². The van der Waals surface area contributed by atoms with Crippen LogP contribution in [0.2, 0.25) is 0 Å². The Morgan fingerprint density at radius 1 is 1.24 bits per heavy atom. The maximum Gasteiger partial charge on any atom is 0.253 e. The van der Waals surface area contributed by atoms with Gasteiger partial charge in [0.05, 0.1) is 0 Å². The Balaban J connectivity index is 2.46. The van der Waals surface area contributed by atoms with Crippen LogP contribution in [0, 0.1) is 0 Å². The van der Waals surface area contributed by atoms with Gasteiger partial charge in [-0.05, 0) is 38.7 Å². The molecule has 0 atom stereocenters. The molecule has 17 heavy (non-hydrogen) atoms. The van der Waals surface area contributed by atoms with E-state index in [-0.39, 0.29) is 11.6 Å². The van der Waals surface area contributed by atoms with Crippen LogP contribution in [0.1, 0.15) is 63.6 Å². The Kier molecular flexibility index (Phi) is 3.55. The van der Waals surface area contributed by atoms with Crippen molar-refractivity contribution in [2.45, 2.75) is 57.9 Å². The predicted molar refractivity (Wildman–Crippen MR) is 71.3 cm³/mol. The number of nitrogens with two attached hydrogens (primary N) is 1. The fraction of sp³-hybridized carbons (Fsp3) is 0.643. The summed E-state index contributed by atoms with van der Waals surface area (Å²) in [5, 5.41) is 0. The topological polar surface area (TPSA) is 48.0 Å². The van der Waals surface area contributed by atoms with E-state index in [1.807, 2.05) is 10.6 Å². The molecule has 3 nitrogen and oxygen atoms in total. The SMILES string of the molecule is CC(C)n1c(C2CCCCC2)cc(N)cc1=O. The number of nitrogens with zero attached hydrogens (tertiary/aromatic N) is 1. The summed E-state index contributed by atoms with van der Waals surface area (Å²) in [7, 11) is 0. The minimum Gasteiger partial charge on any atom is -0.399 e. The molecule has 0 radical (unpaired) electrons. The minimum atomic E-state index is 0.0422. The van der Waals surface area contributed by atoms with Gasteiger partial charge in [-0.1, -0.05) is 19.3 Å². The molecular formula is C14H22N2O. The smallest absolute Gasteiger partial charge is 0.253 e. The van der Waals surface area contributed by atoms with Crippen LogP contribution in [0.4, 0.5) is 5.69 Å². The zero-order valence-electron chi connectivity index (χ0n) is 10.8. The van der Waals surface area contributed by atoms with Gasteiger partial charge in [0.25, 0.3) is 5.56 Å². The van der Waals surface area contributed by atoms with Crippen LogP contribution in [0.5, 0.6) is 0 Å². The summed E-state index contributed by atoms with van der Waals surface area (Å²) in [6, 6.07) is 3.74. The van der Waals surface area contributed by atoms with Gasteiger partial charge in [-0.15, -0.1) is 0 Å². The number of aromatic nitrogens is 1. The highest BCUT2D eigenvalue weighted by atomic mass is 16.1. The summed E-state index contributed by atoms with van der Waals surface area (Å²) in [6.45, 7) is 4.12. The van der Waals surface area contributed by atoms with Gasteiger partial charge in [-0.25, -0.2) is 0 Å². The van der Waals surface area contributed by atoms with E-state index in [2.05, 4.69) is 13.8 Å². The van der Waals surface area contributed by atoms with Crippen molar-refractivity contribution in [3.8, 4) is 0 Å². The molecule has 2 rings (SSSR count). The molecule has 0 spiro atoms. The van der Waals surface area contributed by atoms with E-state index in [0.29, 0.717) is 11.6 Å². The molecule has 2 N–H and O–H groups in total. The van der Waals surface area contributed by atoms with Crippen LogP contribution in [-0.4, -0.2) is 4.57 Å². The first-order valence-corrected chi connectivity index (χ1v) is 6.61. The molecule has 94 valence electrons. The molecule has 1 fully saturated rings. The van der Waals surface area contributed by atoms with Crippen LogP contribution < -0.4 is 11.3 Å². The van der Waals surface area contributed by atoms with Gasteiger partial charge in [0, 0.05) is 23.5 Å². The van der Waals surface area contributed by atoms with E-state index in [9.17, 15) is 4.79 Å². The van der Waals surface area contributed by atoms with Crippen LogP contribution in [-0.2, 0) is 0 Å². The molecule has 1 aliphatic rings. The lowest BCUT2D eigenvalue weighted by molar-refractivity contribution is 0.408. The number of rotatable bonds is 2. The van der Waals surface area contributed by atoms with Crippen LogP contribution in [0.3, 0.4) is 0 Å². The predicted octanol–water partition coefficient (Wildman–Crippen LogP) is 3.06. The number of anilines is 1. The van der Waals surface area contributed by atoms with Crippen LogP contribution in [0.15, 0.2) is 16.9 Å². The summed E-state index contributed by atoms with van der Waals surface area (Å²) in [5.41, 5.74) is 7.61. The summed E-state index contributed by atoms with van der Waals surface area (Å²) < 4.78 is 1.91. The third-order valence-electron chi connectivity index (χ3n) is 3.66. The highest BCUT2D eigenvalue weighted by Gasteiger charge is 2.20. The monoisotopic (exact) mass is 234 g/mol. The molecule has 0 aromatic carbocycles. The van der Waals surface area contributed by atoms with Crippen LogP contribution in [0.25, 0.3) is 0 Å². The Labute approximate surface area is 103 Å². The zero-order chi connectivity index (χ0) is 12.4. The van der Waals surface area contributed by atoms with Gasteiger partial charge in [0.2, 0.25) is 0 Å². The van der Waals surface area contributed by atoms with Crippen molar-refractivity contribution in [1.82, 2.24) is 4.57 Å². The maximum atomic E-state index is 12.0. The largest absolute Gasteiger partial charge is 0.399 e. The van der Waals surface area contributed by atoms with E-state index in [1.54, 1.807) is 0 Å². The Hall–Kier alpha value is -1.25. The molecule has 0 aliphatic heterocycles. The first kappa shape index (κ1) is 12.2. The van der Waals surface area contributed by atoms with Gasteiger partial charge in [0.15, 0.2) is 0 Å². The quantitative estimate of drug-likeness (QED) is 0.855. The normalized spacial score (nSPS) is 17.6. The Bertz CT molecular complexity index is 442. The first-order chi connectivity index (χ1) is 8.09. The lowest BCUT2D eigenvalue weighted by Crippen LogP contribution is -2.27. The third kappa shape index (κ3) is 2.54. The van der Waals surface area contributed by atoms with Gasteiger partial charge < -0.3 is 10.3 Å². The fourth-order valence-electron chi connectivity index (χ4n) is 2.89. The van der Waals surface area contributed by atoms with E-state index >= 15 is 0 Å². The van der Waals surface area contributed by atoms with E-state index in [4.69, 9.17) is 5.73 Å². The van der Waals surface area contributed by atoms with Crippen molar-refractivity contribution in [1.29, 1.82) is 0 Å². The molecule has 3 heteroatoms. The highest BCUT2D eigenvalue weighted by molar-refractivity contribution is 5.39. The van der Waals surface area contributed by atoms with Gasteiger partial charge in [-0.3, -0.25) is 4.79 Å². The summed E-state index contributed by atoms with van der Waals surface area (Å²) in [6.07, 6.45) is 6.24. The van der Waals surface area contributed by atoms with E-state index < -0.39 is 0 Å². The van der Waals surface area contributed by atoms with Crippen molar-refractivity contribution in [2.24, 2.45) is 0 Å². The zero-order valence-corrected chi connectivity index (χ0v) is 10.8. The van der Waals surface area contributed by atoms with E-state index in [1.165, 1.54) is 38.2 Å². The molecule has 0 amide bonds. The molecule has 1 heterocycles. The second-order valence-electron chi connectivity index (χ2n) is 5.35. The fourth-order valence-corrected chi connectivity index (χ4v) is 2.89.